The van der Waals surface area contributed by atoms with Gasteiger partial charge in [-0.1, -0.05) is 42.5 Å². The summed E-state index contributed by atoms with van der Waals surface area (Å²) in [5.74, 6) is 0. The maximum atomic E-state index is 9.03. The Morgan fingerprint density at radius 1 is 0.885 bits per heavy atom. The summed E-state index contributed by atoms with van der Waals surface area (Å²) in [5.41, 5.74) is 5.56. The Kier molecular flexibility index (Phi) is 4.62. The van der Waals surface area contributed by atoms with E-state index in [1.165, 1.54) is 11.1 Å². The Balaban J connectivity index is 1.55. The molecule has 2 aromatic carbocycles. The van der Waals surface area contributed by atoms with Gasteiger partial charge in [0.05, 0.1) is 25.2 Å². The minimum atomic E-state index is 0.0899. The van der Waals surface area contributed by atoms with Crippen molar-refractivity contribution in [2.24, 2.45) is 0 Å². The molecule has 1 N–H and O–H groups in total. The minimum absolute atomic E-state index is 0.0899. The monoisotopic (exact) mass is 344 g/mol. The van der Waals surface area contributed by atoms with Crippen LogP contribution in [0.15, 0.2) is 79.5 Å². The summed E-state index contributed by atoms with van der Waals surface area (Å²) in [7, 11) is 0. The van der Waals surface area contributed by atoms with Crippen LogP contribution >= 0.6 is 0 Å². The summed E-state index contributed by atoms with van der Waals surface area (Å²) in [5, 5.41) is 13.5. The van der Waals surface area contributed by atoms with Gasteiger partial charge in [-0.3, -0.25) is 4.68 Å². The third-order valence-electron chi connectivity index (χ3n) is 4.34. The molecule has 2 heterocycles. The van der Waals surface area contributed by atoms with Gasteiger partial charge in [-0.2, -0.15) is 5.10 Å². The van der Waals surface area contributed by atoms with Crippen molar-refractivity contribution in [1.82, 2.24) is 19.3 Å². The number of aromatic nitrogens is 4. The molecule has 4 aromatic rings. The Bertz CT molecular complexity index is 971. The summed E-state index contributed by atoms with van der Waals surface area (Å²) in [6.45, 7) is 1.42. The molecular formula is C21H20N4O. The van der Waals surface area contributed by atoms with E-state index < -0.39 is 0 Å². The molecule has 0 saturated heterocycles. The summed E-state index contributed by atoms with van der Waals surface area (Å²) in [6, 6.07) is 18.9. The van der Waals surface area contributed by atoms with Crippen LogP contribution in [0.4, 0.5) is 0 Å². The van der Waals surface area contributed by atoms with Gasteiger partial charge in [0, 0.05) is 30.7 Å². The van der Waals surface area contributed by atoms with Crippen LogP contribution in [0.25, 0.3) is 22.4 Å². The van der Waals surface area contributed by atoms with Crippen molar-refractivity contribution in [1.29, 1.82) is 0 Å². The van der Waals surface area contributed by atoms with E-state index >= 15 is 0 Å². The fourth-order valence-electron chi connectivity index (χ4n) is 2.99. The minimum Gasteiger partial charge on any atom is -0.394 e. The molecule has 0 unspecified atom stereocenters. The van der Waals surface area contributed by atoms with Crippen LogP contribution in [-0.2, 0) is 13.1 Å². The van der Waals surface area contributed by atoms with Gasteiger partial charge in [0.15, 0.2) is 0 Å². The molecule has 0 atom stereocenters. The Labute approximate surface area is 152 Å². The van der Waals surface area contributed by atoms with E-state index in [-0.39, 0.29) is 6.61 Å². The molecule has 130 valence electrons. The summed E-state index contributed by atoms with van der Waals surface area (Å²) < 4.78 is 3.81. The number of rotatable bonds is 6. The van der Waals surface area contributed by atoms with E-state index in [0.29, 0.717) is 6.54 Å². The zero-order valence-electron chi connectivity index (χ0n) is 14.4. The zero-order chi connectivity index (χ0) is 17.8. The largest absolute Gasteiger partial charge is 0.394 e. The van der Waals surface area contributed by atoms with Crippen LogP contribution in [-0.4, -0.2) is 31.0 Å². The molecule has 5 nitrogen and oxygen atoms in total. The van der Waals surface area contributed by atoms with Gasteiger partial charge in [-0.25, -0.2) is 4.98 Å². The van der Waals surface area contributed by atoms with Gasteiger partial charge < -0.3 is 9.67 Å². The van der Waals surface area contributed by atoms with E-state index in [4.69, 9.17) is 5.11 Å². The molecule has 26 heavy (non-hydrogen) atoms. The predicted octanol–water partition coefficient (Wildman–Crippen LogP) is 3.45. The fourth-order valence-corrected chi connectivity index (χ4v) is 2.99. The molecule has 0 amide bonds. The van der Waals surface area contributed by atoms with Crippen molar-refractivity contribution in [3.63, 3.8) is 0 Å². The first kappa shape index (κ1) is 16.3. The molecule has 0 bridgehead atoms. The van der Waals surface area contributed by atoms with E-state index in [0.717, 1.165) is 23.4 Å². The van der Waals surface area contributed by atoms with Crippen LogP contribution in [0, 0.1) is 0 Å². The Morgan fingerprint density at radius 3 is 2.50 bits per heavy atom. The van der Waals surface area contributed by atoms with Gasteiger partial charge in [-0.15, -0.1) is 0 Å². The van der Waals surface area contributed by atoms with Crippen molar-refractivity contribution in [2.75, 3.05) is 6.61 Å². The molecule has 0 fully saturated rings. The lowest BCUT2D eigenvalue weighted by Crippen LogP contribution is -2.02. The number of aliphatic hydroxyl groups excluding tert-OH is 1. The number of nitrogens with zero attached hydrogens (tertiary/aromatic N) is 4. The SMILES string of the molecule is OCCn1ccc(-c2cccc(-c3ccc(Cn4ccnc4)cc3)c2)n1. The van der Waals surface area contributed by atoms with Crippen molar-refractivity contribution >= 4 is 0 Å². The Hall–Kier alpha value is -3.18. The van der Waals surface area contributed by atoms with Crippen molar-refractivity contribution in [3.8, 4) is 22.4 Å². The Morgan fingerprint density at radius 2 is 1.73 bits per heavy atom. The quantitative estimate of drug-likeness (QED) is 0.583. The fraction of sp³-hybridized carbons (Fsp3) is 0.143. The van der Waals surface area contributed by atoms with E-state index in [2.05, 4.69) is 63.2 Å². The molecule has 0 aliphatic carbocycles. The zero-order valence-corrected chi connectivity index (χ0v) is 14.4. The molecular weight excluding hydrogens is 324 g/mol. The first-order valence-corrected chi connectivity index (χ1v) is 8.61. The van der Waals surface area contributed by atoms with Crippen LogP contribution < -0.4 is 0 Å². The van der Waals surface area contributed by atoms with Crippen molar-refractivity contribution in [3.05, 3.63) is 85.1 Å². The first-order chi connectivity index (χ1) is 12.8. The van der Waals surface area contributed by atoms with Gasteiger partial charge in [0.2, 0.25) is 0 Å². The van der Waals surface area contributed by atoms with Crippen LogP contribution in [0.5, 0.6) is 0 Å². The van der Waals surface area contributed by atoms with Crippen LogP contribution in [0.3, 0.4) is 0 Å². The highest BCUT2D eigenvalue weighted by Gasteiger charge is 2.05. The lowest BCUT2D eigenvalue weighted by molar-refractivity contribution is 0.269. The number of hydrogen-bond donors (Lipinski definition) is 1. The third-order valence-corrected chi connectivity index (χ3v) is 4.34. The van der Waals surface area contributed by atoms with E-state index in [1.807, 2.05) is 24.8 Å². The van der Waals surface area contributed by atoms with Gasteiger partial charge in [0.1, 0.15) is 0 Å². The molecule has 0 aliphatic rings. The molecule has 2 aromatic heterocycles. The van der Waals surface area contributed by atoms with E-state index in [9.17, 15) is 0 Å². The number of benzene rings is 2. The highest BCUT2D eigenvalue weighted by molar-refractivity contribution is 5.71. The highest BCUT2D eigenvalue weighted by atomic mass is 16.3. The first-order valence-electron chi connectivity index (χ1n) is 8.61. The second-order valence-electron chi connectivity index (χ2n) is 6.20. The average Bonchev–Trinajstić information content (AvgIpc) is 3.35. The summed E-state index contributed by atoms with van der Waals surface area (Å²) >= 11 is 0. The van der Waals surface area contributed by atoms with Gasteiger partial charge in [-0.05, 0) is 28.8 Å². The predicted molar refractivity (Wildman–Crippen MR) is 102 cm³/mol. The smallest absolute Gasteiger partial charge is 0.0949 e. The van der Waals surface area contributed by atoms with E-state index in [1.54, 1.807) is 10.9 Å². The molecule has 0 spiro atoms. The van der Waals surface area contributed by atoms with Crippen molar-refractivity contribution in [2.45, 2.75) is 13.1 Å². The topological polar surface area (TPSA) is 55.9 Å². The third kappa shape index (κ3) is 3.58. The standard InChI is InChI=1S/C21H20N4O/c26-13-12-25-10-8-21(23-25)20-3-1-2-19(14-20)18-6-4-17(5-7-18)15-24-11-9-22-16-24/h1-11,14,16,26H,12-13,15H2. The number of imidazole rings is 1. The number of aliphatic hydroxyl groups is 1. The molecule has 0 saturated carbocycles. The molecule has 4 rings (SSSR count). The second-order valence-corrected chi connectivity index (χ2v) is 6.20. The van der Waals surface area contributed by atoms with Crippen LogP contribution in [0.1, 0.15) is 5.56 Å². The van der Waals surface area contributed by atoms with Gasteiger partial charge >= 0.3 is 0 Å². The summed E-state index contributed by atoms with van der Waals surface area (Å²) in [6.07, 6.45) is 7.48. The molecule has 0 aliphatic heterocycles. The molecule has 5 heteroatoms. The molecule has 0 radical (unpaired) electrons. The average molecular weight is 344 g/mol. The lowest BCUT2D eigenvalue weighted by Gasteiger charge is -2.07. The normalized spacial score (nSPS) is 11.0. The van der Waals surface area contributed by atoms with Crippen LogP contribution in [0.2, 0.25) is 0 Å². The van der Waals surface area contributed by atoms with Crippen molar-refractivity contribution < 1.29 is 5.11 Å². The maximum absolute atomic E-state index is 9.03. The summed E-state index contributed by atoms with van der Waals surface area (Å²) in [4.78, 5) is 4.08. The number of hydrogen-bond acceptors (Lipinski definition) is 3. The van der Waals surface area contributed by atoms with Gasteiger partial charge in [0.25, 0.3) is 0 Å². The highest BCUT2D eigenvalue weighted by Crippen LogP contribution is 2.26. The second kappa shape index (κ2) is 7.37. The lowest BCUT2D eigenvalue weighted by atomic mass is 10.0. The maximum Gasteiger partial charge on any atom is 0.0949 e.